The van der Waals surface area contributed by atoms with Crippen molar-refractivity contribution < 1.29 is 9.90 Å². The summed E-state index contributed by atoms with van der Waals surface area (Å²) in [7, 11) is 0. The molecular formula is C7H14N2O2S2. The fourth-order valence-corrected chi connectivity index (χ4v) is 1.06. The van der Waals surface area contributed by atoms with E-state index < -0.39 is 12.0 Å². The maximum absolute atomic E-state index is 10.3. The molecule has 0 bridgehead atoms. The Morgan fingerprint density at radius 2 is 2.38 bits per heavy atom. The van der Waals surface area contributed by atoms with Crippen molar-refractivity contribution in [1.82, 2.24) is 5.32 Å². The van der Waals surface area contributed by atoms with Crippen molar-refractivity contribution in [3.05, 3.63) is 0 Å². The number of nitrogens with one attached hydrogen (secondary N) is 1. The molecule has 0 radical (unpaired) electrons. The molecule has 0 unspecified atom stereocenters. The molecule has 0 spiro atoms. The molecule has 1 atom stereocenters. The highest BCUT2D eigenvalue weighted by Crippen LogP contribution is 1.96. The summed E-state index contributed by atoms with van der Waals surface area (Å²) in [5.41, 5.74) is 5.30. The highest BCUT2D eigenvalue weighted by atomic mass is 32.2. The van der Waals surface area contributed by atoms with Gasteiger partial charge in [-0.2, -0.15) is 0 Å². The third-order valence-corrected chi connectivity index (χ3v) is 2.62. The fourth-order valence-electron chi connectivity index (χ4n) is 0.708. The molecule has 6 heteroatoms. The molecule has 0 saturated heterocycles. The van der Waals surface area contributed by atoms with Crippen molar-refractivity contribution in [3.63, 3.8) is 0 Å². The van der Waals surface area contributed by atoms with Crippen molar-refractivity contribution in [3.8, 4) is 0 Å². The molecule has 0 amide bonds. The number of carbonyl (C=O) groups is 1. The predicted octanol–water partition coefficient (Wildman–Crippen LogP) is 0.416. The molecule has 4 nitrogen and oxygen atoms in total. The van der Waals surface area contributed by atoms with Crippen LogP contribution in [0.5, 0.6) is 0 Å². The van der Waals surface area contributed by atoms with Gasteiger partial charge in [-0.15, -0.1) is 11.8 Å². The van der Waals surface area contributed by atoms with Gasteiger partial charge in [0.25, 0.3) is 0 Å². The van der Waals surface area contributed by atoms with E-state index in [9.17, 15) is 4.79 Å². The molecule has 0 heterocycles. The van der Waals surface area contributed by atoms with E-state index in [-0.39, 0.29) is 0 Å². The topological polar surface area (TPSA) is 75.3 Å². The number of hydrogen-bond acceptors (Lipinski definition) is 4. The van der Waals surface area contributed by atoms with Crippen LogP contribution in [0.15, 0.2) is 0 Å². The number of nitrogens with two attached hydrogens (primary N) is 1. The summed E-state index contributed by atoms with van der Waals surface area (Å²) in [5, 5.41) is 11.4. The van der Waals surface area contributed by atoms with Gasteiger partial charge in [0.05, 0.1) is 0 Å². The Morgan fingerprint density at radius 1 is 1.77 bits per heavy atom. The molecule has 76 valence electrons. The van der Waals surface area contributed by atoms with E-state index in [0.29, 0.717) is 19.4 Å². The van der Waals surface area contributed by atoms with Crippen LogP contribution in [-0.2, 0) is 4.79 Å². The smallest absolute Gasteiger partial charge is 0.320 e. The molecule has 0 aliphatic heterocycles. The molecule has 0 rings (SSSR count). The molecule has 0 aliphatic rings. The third-order valence-electron chi connectivity index (χ3n) is 1.46. The third kappa shape index (κ3) is 6.80. The quantitative estimate of drug-likeness (QED) is 0.462. The van der Waals surface area contributed by atoms with Crippen molar-refractivity contribution in [2.45, 2.75) is 18.9 Å². The lowest BCUT2D eigenvalue weighted by atomic mass is 10.2. The van der Waals surface area contributed by atoms with Gasteiger partial charge in [0, 0.05) is 6.54 Å². The van der Waals surface area contributed by atoms with E-state index in [4.69, 9.17) is 23.1 Å². The Bertz CT molecular complexity index is 187. The zero-order valence-corrected chi connectivity index (χ0v) is 9.08. The minimum Gasteiger partial charge on any atom is -0.480 e. The van der Waals surface area contributed by atoms with Gasteiger partial charge < -0.3 is 16.2 Å². The van der Waals surface area contributed by atoms with Crippen LogP contribution in [0.2, 0.25) is 0 Å². The molecule has 0 fully saturated rings. The first-order valence-corrected chi connectivity index (χ1v) is 5.51. The molecule has 0 aromatic rings. The summed E-state index contributed by atoms with van der Waals surface area (Å²) >= 11 is 6.35. The summed E-state index contributed by atoms with van der Waals surface area (Å²) in [5.74, 6) is -0.951. The first kappa shape index (κ1) is 12.7. The van der Waals surface area contributed by atoms with Crippen molar-refractivity contribution in [1.29, 1.82) is 0 Å². The van der Waals surface area contributed by atoms with E-state index in [1.165, 1.54) is 11.8 Å². The Balaban J connectivity index is 3.35. The lowest BCUT2D eigenvalue weighted by molar-refractivity contribution is -0.138. The maximum atomic E-state index is 10.3. The monoisotopic (exact) mass is 222 g/mol. The SMILES string of the molecule is CSC(=S)NCCC[C@H](N)C(=O)O. The van der Waals surface area contributed by atoms with E-state index in [1.54, 1.807) is 0 Å². The molecule has 0 aromatic carbocycles. The summed E-state index contributed by atoms with van der Waals surface area (Å²) in [6.45, 7) is 0.681. The Kier molecular flexibility index (Phi) is 6.93. The Hall–Kier alpha value is -0.330. The van der Waals surface area contributed by atoms with Crippen LogP contribution in [0.3, 0.4) is 0 Å². The average Bonchev–Trinajstić information content (AvgIpc) is 2.11. The van der Waals surface area contributed by atoms with E-state index in [0.717, 1.165) is 4.32 Å². The van der Waals surface area contributed by atoms with Gasteiger partial charge in [-0.25, -0.2) is 0 Å². The van der Waals surface area contributed by atoms with Gasteiger partial charge in [-0.05, 0) is 19.1 Å². The summed E-state index contributed by atoms with van der Waals surface area (Å²) < 4.78 is 0.726. The highest BCUT2D eigenvalue weighted by Gasteiger charge is 2.09. The number of thiocarbonyl (C=S) groups is 1. The van der Waals surface area contributed by atoms with Gasteiger partial charge in [0.15, 0.2) is 0 Å². The van der Waals surface area contributed by atoms with Gasteiger partial charge in [-0.1, -0.05) is 12.2 Å². The Labute approximate surface area is 87.3 Å². The van der Waals surface area contributed by atoms with Crippen molar-refractivity contribution in [2.24, 2.45) is 5.73 Å². The largest absolute Gasteiger partial charge is 0.480 e. The van der Waals surface area contributed by atoms with Crippen LogP contribution in [0, 0.1) is 0 Å². The van der Waals surface area contributed by atoms with E-state index in [2.05, 4.69) is 5.32 Å². The van der Waals surface area contributed by atoms with E-state index >= 15 is 0 Å². The number of carboxylic acid groups (broad SMARTS) is 1. The predicted molar refractivity (Wildman–Crippen MR) is 59.0 cm³/mol. The average molecular weight is 222 g/mol. The van der Waals surface area contributed by atoms with Gasteiger partial charge in [0.2, 0.25) is 0 Å². The van der Waals surface area contributed by atoms with Crippen LogP contribution in [0.25, 0.3) is 0 Å². The molecule has 4 N–H and O–H groups in total. The number of rotatable bonds is 5. The minimum atomic E-state index is -0.951. The molecule has 0 aliphatic carbocycles. The zero-order valence-electron chi connectivity index (χ0n) is 7.45. The van der Waals surface area contributed by atoms with Crippen molar-refractivity contribution >= 4 is 34.3 Å². The number of carboxylic acids is 1. The number of aliphatic carboxylic acids is 1. The minimum absolute atomic E-state index is 0.472. The highest BCUT2D eigenvalue weighted by molar-refractivity contribution is 8.22. The lowest BCUT2D eigenvalue weighted by Gasteiger charge is -2.07. The molecular weight excluding hydrogens is 208 g/mol. The maximum Gasteiger partial charge on any atom is 0.320 e. The van der Waals surface area contributed by atoms with Gasteiger partial charge in [0.1, 0.15) is 10.4 Å². The number of hydrogen-bond donors (Lipinski definition) is 3. The molecule has 0 saturated carbocycles. The summed E-state index contributed by atoms with van der Waals surface area (Å²) in [4.78, 5) is 10.3. The van der Waals surface area contributed by atoms with Crippen LogP contribution >= 0.6 is 24.0 Å². The fraction of sp³-hybridized carbons (Fsp3) is 0.714. The second-order valence-electron chi connectivity index (χ2n) is 2.51. The Morgan fingerprint density at radius 3 is 2.85 bits per heavy atom. The molecule has 0 aromatic heterocycles. The van der Waals surface area contributed by atoms with E-state index in [1.807, 2.05) is 6.26 Å². The van der Waals surface area contributed by atoms with Gasteiger partial charge in [-0.3, -0.25) is 4.79 Å². The number of thioether (sulfide) groups is 1. The first-order valence-electron chi connectivity index (χ1n) is 3.88. The van der Waals surface area contributed by atoms with Crippen LogP contribution in [0.4, 0.5) is 0 Å². The molecule has 13 heavy (non-hydrogen) atoms. The van der Waals surface area contributed by atoms with Gasteiger partial charge >= 0.3 is 5.97 Å². The first-order chi connectivity index (χ1) is 6.07. The van der Waals surface area contributed by atoms with Crippen LogP contribution in [-0.4, -0.2) is 34.2 Å². The second kappa shape index (κ2) is 7.11. The summed E-state index contributed by atoms with van der Waals surface area (Å²) in [6, 6.07) is -0.760. The van der Waals surface area contributed by atoms with Crippen molar-refractivity contribution in [2.75, 3.05) is 12.8 Å². The normalized spacial score (nSPS) is 12.2. The standard InChI is InChI=1S/C7H14N2O2S2/c1-13-7(12)9-4-2-3-5(8)6(10)11/h5H,2-4,8H2,1H3,(H,9,12)(H,10,11)/t5-/m0/s1. The zero-order chi connectivity index (χ0) is 10.3. The second-order valence-corrected chi connectivity index (χ2v) is 3.99. The lowest BCUT2D eigenvalue weighted by Crippen LogP contribution is -2.31. The van der Waals surface area contributed by atoms with Crippen LogP contribution < -0.4 is 11.1 Å². The summed E-state index contributed by atoms with van der Waals surface area (Å²) in [6.07, 6.45) is 3.08. The van der Waals surface area contributed by atoms with Crippen LogP contribution in [0.1, 0.15) is 12.8 Å².